The molecule has 1 unspecified atom stereocenters. The van der Waals surface area contributed by atoms with Gasteiger partial charge in [0.05, 0.1) is 6.42 Å². The number of nitrogens with one attached hydrogen (secondary N) is 5. The molecule has 0 rings (SSSR count). The predicted octanol–water partition coefficient (Wildman–Crippen LogP) is 6.62. The van der Waals surface area contributed by atoms with E-state index in [1.54, 1.807) is 0 Å². The van der Waals surface area contributed by atoms with Crippen molar-refractivity contribution in [1.82, 2.24) is 36.4 Å². The molecule has 15 N–H and O–H groups in total. The number of primary amides is 3. The molecule has 0 aromatic rings. The van der Waals surface area contributed by atoms with E-state index in [1.807, 2.05) is 12.4 Å². The lowest BCUT2D eigenvalue weighted by Gasteiger charge is -2.19. The Morgan fingerprint density at radius 2 is 0.713 bits per heavy atom. The van der Waals surface area contributed by atoms with Gasteiger partial charge in [-0.2, -0.15) is 0 Å². The van der Waals surface area contributed by atoms with Gasteiger partial charge in [-0.05, 0) is 102 Å². The summed E-state index contributed by atoms with van der Waals surface area (Å²) in [7, 11) is 0. The van der Waals surface area contributed by atoms with Crippen LogP contribution in [0.15, 0.2) is 49.1 Å². The first kappa shape index (κ1) is 74.2. The van der Waals surface area contributed by atoms with Gasteiger partial charge in [0.15, 0.2) is 0 Å². The molecule has 0 aliphatic rings. The van der Waals surface area contributed by atoms with Gasteiger partial charge < -0.3 is 54.4 Å². The van der Waals surface area contributed by atoms with E-state index in [4.69, 9.17) is 28.7 Å². The van der Waals surface area contributed by atoms with Crippen molar-refractivity contribution in [2.45, 2.75) is 231 Å². The van der Waals surface area contributed by atoms with Gasteiger partial charge >= 0.3 is 0 Å². The lowest BCUT2D eigenvalue weighted by Crippen LogP contribution is -2.50. The van der Waals surface area contributed by atoms with Crippen molar-refractivity contribution in [3.8, 4) is 0 Å². The van der Waals surface area contributed by atoms with E-state index in [9.17, 15) is 38.4 Å². The second-order valence-electron chi connectivity index (χ2n) is 20.9. The van der Waals surface area contributed by atoms with Crippen LogP contribution in [-0.2, 0) is 38.4 Å². The molecule has 0 radical (unpaired) electrons. The Kier molecular flexibility index (Phi) is 51.2. The summed E-state index contributed by atoms with van der Waals surface area (Å²) in [6.45, 7) is 6.19. The lowest BCUT2D eigenvalue weighted by atomic mass is 10.1. The maximum atomic E-state index is 13.1. The highest BCUT2D eigenvalue weighted by molar-refractivity contribution is 6.03. The number of allylic oxidation sites excluding steroid dienone is 4. The van der Waals surface area contributed by atoms with Gasteiger partial charge in [0, 0.05) is 90.9 Å². The molecule has 20 nitrogen and oxygen atoms in total. The molecule has 0 aliphatic heterocycles. The van der Waals surface area contributed by atoms with Crippen LogP contribution in [0, 0.1) is 0 Å². The van der Waals surface area contributed by atoms with Crippen molar-refractivity contribution >= 4 is 47.3 Å². The number of amides is 8. The molecule has 0 aliphatic carbocycles. The molecule has 458 valence electrons. The van der Waals surface area contributed by atoms with Crippen LogP contribution in [0.4, 0.5) is 0 Å². The Morgan fingerprint density at radius 3 is 1.10 bits per heavy atom. The summed E-state index contributed by atoms with van der Waals surface area (Å²) < 4.78 is 0. The van der Waals surface area contributed by atoms with Gasteiger partial charge in [-0.1, -0.05) is 127 Å². The van der Waals surface area contributed by atoms with Crippen molar-refractivity contribution < 1.29 is 38.4 Å². The summed E-state index contributed by atoms with van der Waals surface area (Å²) in [6, 6.07) is -1.43. The van der Waals surface area contributed by atoms with Crippen LogP contribution >= 0.6 is 0 Å². The van der Waals surface area contributed by atoms with Crippen molar-refractivity contribution in [2.75, 3.05) is 52.4 Å². The van der Waals surface area contributed by atoms with E-state index in [0.29, 0.717) is 38.8 Å². The first-order valence-electron chi connectivity index (χ1n) is 30.6. The maximum absolute atomic E-state index is 13.1. The number of imide groups is 2. The molecule has 0 spiro atoms. The molecule has 0 fully saturated rings. The quantitative estimate of drug-likeness (QED) is 0.0286. The fourth-order valence-electron chi connectivity index (χ4n) is 8.72. The van der Waals surface area contributed by atoms with Crippen molar-refractivity contribution in [2.24, 2.45) is 28.7 Å². The second-order valence-corrected chi connectivity index (χ2v) is 20.9. The SMILES string of the molecule is NCCN(C=CCCCCCCCCC(N)=O)CCNC=CCCCCCCCCC(=O)NC(=O)CC(NC(=O)CCC(N)=O)C(=O)NC(=O)CCCCCCCCC=CNCCN(C=CCCCCCCCCC(N)=O)CCN. The number of rotatable bonds is 57. The van der Waals surface area contributed by atoms with Crippen LogP contribution in [0.2, 0.25) is 0 Å². The molecule has 80 heavy (non-hydrogen) atoms. The molecular weight excluding hydrogens is 1020 g/mol. The minimum absolute atomic E-state index is 0.100. The normalized spacial score (nSPS) is 11.8. The smallest absolute Gasteiger partial charge is 0.249 e. The summed E-state index contributed by atoms with van der Waals surface area (Å²) in [4.78, 5) is 101. The number of unbranched alkanes of at least 4 members (excludes halogenated alkanes) is 24. The Labute approximate surface area is 481 Å². The molecule has 0 saturated heterocycles. The number of carbonyl (C=O) groups is 8. The van der Waals surface area contributed by atoms with Crippen molar-refractivity contribution in [3.05, 3.63) is 49.1 Å². The van der Waals surface area contributed by atoms with Gasteiger partial charge in [-0.3, -0.25) is 49.0 Å². The first-order chi connectivity index (χ1) is 38.8. The molecule has 0 saturated carbocycles. The molecular formula is C60H110N12O8. The van der Waals surface area contributed by atoms with E-state index in [2.05, 4.69) is 73.1 Å². The summed E-state index contributed by atoms with van der Waals surface area (Å²) >= 11 is 0. The minimum Gasteiger partial charge on any atom is -0.389 e. The monoisotopic (exact) mass is 1130 g/mol. The van der Waals surface area contributed by atoms with E-state index in [1.165, 1.54) is 25.7 Å². The zero-order valence-corrected chi connectivity index (χ0v) is 49.1. The summed E-state index contributed by atoms with van der Waals surface area (Å²) in [6.07, 6.45) is 45.4. The Morgan fingerprint density at radius 1 is 0.362 bits per heavy atom. The molecule has 0 bridgehead atoms. The van der Waals surface area contributed by atoms with Crippen LogP contribution in [0.5, 0.6) is 0 Å². The number of hydrogen-bond donors (Lipinski definition) is 10. The van der Waals surface area contributed by atoms with Gasteiger partial charge in [-0.25, -0.2) is 0 Å². The average molecular weight is 1130 g/mol. The van der Waals surface area contributed by atoms with Gasteiger partial charge in [0.2, 0.25) is 47.3 Å². The Balaban J connectivity index is 4.32. The minimum atomic E-state index is -1.43. The fourth-order valence-corrected chi connectivity index (χ4v) is 8.72. The van der Waals surface area contributed by atoms with E-state index < -0.39 is 47.9 Å². The van der Waals surface area contributed by atoms with Gasteiger partial charge in [0.25, 0.3) is 0 Å². The summed E-state index contributed by atoms with van der Waals surface area (Å²) in [5.41, 5.74) is 27.2. The van der Waals surface area contributed by atoms with Crippen LogP contribution in [0.1, 0.15) is 225 Å². The largest absolute Gasteiger partial charge is 0.389 e. The van der Waals surface area contributed by atoms with Crippen LogP contribution < -0.4 is 55.3 Å². The van der Waals surface area contributed by atoms with Gasteiger partial charge in [0.1, 0.15) is 6.04 Å². The summed E-state index contributed by atoms with van der Waals surface area (Å²) in [5.74, 6) is -4.47. The number of nitrogens with zero attached hydrogens (tertiary/aromatic N) is 2. The van der Waals surface area contributed by atoms with E-state index >= 15 is 0 Å². The zero-order chi connectivity index (χ0) is 58.9. The van der Waals surface area contributed by atoms with Crippen LogP contribution in [-0.4, -0.2) is 115 Å². The molecule has 0 heterocycles. The Bertz CT molecular complexity index is 1780. The van der Waals surface area contributed by atoms with Crippen LogP contribution in [0.25, 0.3) is 0 Å². The third kappa shape index (κ3) is 52.9. The molecule has 0 aromatic heterocycles. The van der Waals surface area contributed by atoms with Crippen LogP contribution in [0.3, 0.4) is 0 Å². The first-order valence-corrected chi connectivity index (χ1v) is 30.6. The van der Waals surface area contributed by atoms with Crippen molar-refractivity contribution in [1.29, 1.82) is 0 Å². The third-order valence-corrected chi connectivity index (χ3v) is 13.3. The number of hydrogen-bond acceptors (Lipinski definition) is 14. The van der Waals surface area contributed by atoms with E-state index in [0.717, 1.165) is 181 Å². The highest BCUT2D eigenvalue weighted by Gasteiger charge is 2.26. The highest BCUT2D eigenvalue weighted by Crippen LogP contribution is 2.13. The summed E-state index contributed by atoms with van der Waals surface area (Å²) in [5, 5.41) is 13.7. The zero-order valence-electron chi connectivity index (χ0n) is 49.1. The average Bonchev–Trinajstić information content (AvgIpc) is 3.41. The lowest BCUT2D eigenvalue weighted by molar-refractivity contribution is -0.137. The van der Waals surface area contributed by atoms with Gasteiger partial charge in [-0.15, -0.1) is 0 Å². The number of nitrogens with two attached hydrogens (primary N) is 5. The maximum Gasteiger partial charge on any atom is 0.249 e. The molecule has 1 atom stereocenters. The Hall–Kier alpha value is -5.76. The molecule has 20 heteroatoms. The van der Waals surface area contributed by atoms with E-state index in [-0.39, 0.29) is 37.5 Å². The standard InChI is InChI=1S/C60H110N12O8/c61-39-47-71(45-31-23-15-7-3-9-17-25-33-53(63)73)49-43-66-41-29-21-13-5-1-11-19-27-35-56(76)69-59(79)51-52(68-58(78)38-37-55(65)75)60(80)70-57(77)36-28-20-12-2-6-14-22-30-42-67-44-50-72(48-40-62)46-32-24-16-8-4-10-18-26-34-54(64)74/h29-32,41-42,45-46,52,66-67H,1-28,33-40,43-44,47-51,61-62H2,(H2,63,73)(H2,64,74)(H2,65,75)(H,68,78)(H,69,76,79)(H,70,77,80). The number of carbonyl (C=O) groups excluding carboxylic acids is 8. The fraction of sp³-hybridized carbons (Fsp3) is 0.733. The molecule has 8 amide bonds. The second kappa shape index (κ2) is 55.2. The predicted molar refractivity (Wildman–Crippen MR) is 321 cm³/mol. The topological polar surface area (TPSA) is 333 Å². The highest BCUT2D eigenvalue weighted by atomic mass is 16.2. The third-order valence-electron chi connectivity index (χ3n) is 13.3. The van der Waals surface area contributed by atoms with Crippen molar-refractivity contribution in [3.63, 3.8) is 0 Å². The molecule has 0 aromatic carbocycles.